The molecule has 3 rings (SSSR count). The summed E-state index contributed by atoms with van der Waals surface area (Å²) >= 11 is 0. The Morgan fingerprint density at radius 2 is 1.65 bits per heavy atom. The highest BCUT2D eigenvalue weighted by molar-refractivity contribution is 5.98. The average Bonchev–Trinajstić information content (AvgIpc) is 3.00. The molecule has 0 bridgehead atoms. The number of carbonyl (C=O) groups excluding carboxylic acids is 2. The number of nitrogens with one attached hydrogen (secondary N) is 1. The Morgan fingerprint density at radius 1 is 1.00 bits per heavy atom. The van der Waals surface area contributed by atoms with Gasteiger partial charge in [0.15, 0.2) is 0 Å². The van der Waals surface area contributed by atoms with E-state index in [9.17, 15) is 22.8 Å². The smallest absolute Gasteiger partial charge is 0.417 e. The van der Waals surface area contributed by atoms with Crippen LogP contribution in [0, 0.1) is 0 Å². The van der Waals surface area contributed by atoms with Crippen molar-refractivity contribution in [1.29, 1.82) is 0 Å². The molecule has 2 aromatic rings. The van der Waals surface area contributed by atoms with Crippen molar-refractivity contribution in [3.05, 3.63) is 53.7 Å². The number of amides is 1. The summed E-state index contributed by atoms with van der Waals surface area (Å²) in [5, 5.41) is 2.86. The van der Waals surface area contributed by atoms with Crippen molar-refractivity contribution in [2.24, 2.45) is 0 Å². The number of alkyl halides is 3. The van der Waals surface area contributed by atoms with Crippen LogP contribution in [0.4, 0.5) is 13.2 Å². The third kappa shape index (κ3) is 5.53. The molecule has 1 aromatic carbocycles. The number of pyridine rings is 1. The van der Waals surface area contributed by atoms with Gasteiger partial charge in [0.05, 0.1) is 12.7 Å². The van der Waals surface area contributed by atoms with Crippen LogP contribution in [0.3, 0.4) is 0 Å². The summed E-state index contributed by atoms with van der Waals surface area (Å²) in [6, 6.07) is 8.03. The Morgan fingerprint density at radius 3 is 2.16 bits per heavy atom. The van der Waals surface area contributed by atoms with E-state index >= 15 is 0 Å². The average molecular weight is 436 g/mol. The molecular formula is C22H23F3N2O4. The van der Waals surface area contributed by atoms with E-state index in [4.69, 9.17) is 9.47 Å². The highest BCUT2D eigenvalue weighted by atomic mass is 19.4. The molecule has 1 saturated carbocycles. The van der Waals surface area contributed by atoms with Gasteiger partial charge in [0.2, 0.25) is 5.88 Å². The van der Waals surface area contributed by atoms with Gasteiger partial charge in [-0.1, -0.05) is 25.7 Å². The van der Waals surface area contributed by atoms with Crippen molar-refractivity contribution in [2.45, 2.75) is 50.2 Å². The lowest BCUT2D eigenvalue weighted by molar-refractivity contribution is -0.149. The summed E-state index contributed by atoms with van der Waals surface area (Å²) in [6.45, 7) is 0. The molecule has 0 unspecified atom stereocenters. The fourth-order valence-corrected chi connectivity index (χ4v) is 3.60. The van der Waals surface area contributed by atoms with Gasteiger partial charge in [-0.3, -0.25) is 4.79 Å². The Hall–Kier alpha value is -3.10. The highest BCUT2D eigenvalue weighted by Crippen LogP contribution is 2.31. The third-order valence-corrected chi connectivity index (χ3v) is 5.29. The first kappa shape index (κ1) is 22.6. The molecule has 0 saturated heterocycles. The lowest BCUT2D eigenvalue weighted by Gasteiger charge is -2.30. The lowest BCUT2D eigenvalue weighted by Crippen LogP contribution is -2.54. The number of hydrogen-bond acceptors (Lipinski definition) is 5. The van der Waals surface area contributed by atoms with E-state index in [2.05, 4.69) is 10.3 Å². The minimum absolute atomic E-state index is 0.00620. The Labute approximate surface area is 177 Å². The molecule has 1 amide bonds. The predicted molar refractivity (Wildman–Crippen MR) is 106 cm³/mol. The zero-order chi connectivity index (χ0) is 22.5. The van der Waals surface area contributed by atoms with Crippen LogP contribution >= 0.6 is 0 Å². The van der Waals surface area contributed by atoms with Gasteiger partial charge < -0.3 is 14.8 Å². The highest BCUT2D eigenvalue weighted by Gasteiger charge is 2.41. The SMILES string of the molecule is COC(=O)C1(NC(=O)c2ccc(Oc3ccc(C(F)(F)F)cn3)cc2)CCCCCC1. The van der Waals surface area contributed by atoms with Crippen molar-refractivity contribution < 1.29 is 32.2 Å². The van der Waals surface area contributed by atoms with Crippen LogP contribution in [0.2, 0.25) is 0 Å². The molecule has 1 heterocycles. The molecule has 166 valence electrons. The van der Waals surface area contributed by atoms with Crippen molar-refractivity contribution in [2.75, 3.05) is 7.11 Å². The van der Waals surface area contributed by atoms with Crippen molar-refractivity contribution in [1.82, 2.24) is 10.3 Å². The molecular weight excluding hydrogens is 413 g/mol. The Bertz CT molecular complexity index is 904. The molecule has 1 aliphatic carbocycles. The maximum Gasteiger partial charge on any atom is 0.417 e. The second kappa shape index (κ2) is 9.36. The number of hydrogen-bond donors (Lipinski definition) is 1. The molecule has 0 atom stereocenters. The van der Waals surface area contributed by atoms with E-state index in [1.165, 1.54) is 31.4 Å². The van der Waals surface area contributed by atoms with Crippen LogP contribution in [0.15, 0.2) is 42.6 Å². The van der Waals surface area contributed by atoms with Gasteiger partial charge in [-0.05, 0) is 43.2 Å². The van der Waals surface area contributed by atoms with Crippen LogP contribution in [-0.2, 0) is 15.7 Å². The lowest BCUT2D eigenvalue weighted by atomic mass is 9.89. The standard InChI is InChI=1S/C22H23F3N2O4/c1-30-20(29)21(12-4-2-3-5-13-21)27-19(28)15-6-9-17(10-7-15)31-18-11-8-16(14-26-18)22(23,24)25/h6-11,14H,2-5,12-13H2,1H3,(H,27,28). The van der Waals surface area contributed by atoms with E-state index in [1.807, 2.05) is 0 Å². The van der Waals surface area contributed by atoms with E-state index < -0.39 is 29.2 Å². The van der Waals surface area contributed by atoms with Crippen molar-refractivity contribution in [3.8, 4) is 11.6 Å². The van der Waals surface area contributed by atoms with Crippen LogP contribution < -0.4 is 10.1 Å². The Kier molecular flexibility index (Phi) is 6.82. The quantitative estimate of drug-likeness (QED) is 0.534. The summed E-state index contributed by atoms with van der Waals surface area (Å²) in [6.07, 6.45) is 0.899. The maximum atomic E-state index is 12.8. The number of aromatic nitrogens is 1. The molecule has 1 aliphatic rings. The largest absolute Gasteiger partial charge is 0.467 e. The minimum Gasteiger partial charge on any atom is -0.467 e. The zero-order valence-corrected chi connectivity index (χ0v) is 17.0. The fraction of sp³-hybridized carbons (Fsp3) is 0.409. The van der Waals surface area contributed by atoms with Crippen molar-refractivity contribution >= 4 is 11.9 Å². The molecule has 0 aliphatic heterocycles. The number of nitrogens with zero attached hydrogens (tertiary/aromatic N) is 1. The second-order valence-electron chi connectivity index (χ2n) is 7.45. The van der Waals surface area contributed by atoms with Crippen molar-refractivity contribution in [3.63, 3.8) is 0 Å². The van der Waals surface area contributed by atoms with Gasteiger partial charge in [-0.25, -0.2) is 9.78 Å². The normalized spacial score (nSPS) is 16.1. The summed E-state index contributed by atoms with van der Waals surface area (Å²) < 4.78 is 48.2. The van der Waals surface area contributed by atoms with E-state index in [0.717, 1.165) is 37.8 Å². The van der Waals surface area contributed by atoms with Gasteiger partial charge in [0, 0.05) is 17.8 Å². The van der Waals surface area contributed by atoms with E-state index in [-0.39, 0.29) is 5.88 Å². The van der Waals surface area contributed by atoms with Crippen LogP contribution in [0.5, 0.6) is 11.6 Å². The van der Waals surface area contributed by atoms with E-state index in [1.54, 1.807) is 0 Å². The number of benzene rings is 1. The van der Waals surface area contributed by atoms with Gasteiger partial charge in [0.1, 0.15) is 11.3 Å². The third-order valence-electron chi connectivity index (χ3n) is 5.29. The van der Waals surface area contributed by atoms with Gasteiger partial charge in [-0.15, -0.1) is 0 Å². The maximum absolute atomic E-state index is 12.8. The first-order valence-corrected chi connectivity index (χ1v) is 9.96. The molecule has 1 N–H and O–H groups in total. The number of carbonyl (C=O) groups is 2. The fourth-order valence-electron chi connectivity index (χ4n) is 3.60. The molecule has 0 spiro atoms. The molecule has 0 radical (unpaired) electrons. The summed E-state index contributed by atoms with van der Waals surface area (Å²) in [7, 11) is 1.31. The molecule has 6 nitrogen and oxygen atoms in total. The zero-order valence-electron chi connectivity index (χ0n) is 17.0. The molecule has 31 heavy (non-hydrogen) atoms. The second-order valence-corrected chi connectivity index (χ2v) is 7.45. The number of esters is 1. The van der Waals surface area contributed by atoms with Crippen LogP contribution in [0.1, 0.15) is 54.4 Å². The number of rotatable bonds is 5. The van der Waals surface area contributed by atoms with Gasteiger partial charge >= 0.3 is 12.1 Å². The number of halogens is 3. The first-order valence-electron chi connectivity index (χ1n) is 9.96. The summed E-state index contributed by atoms with van der Waals surface area (Å²) in [4.78, 5) is 28.8. The van der Waals surface area contributed by atoms with Gasteiger partial charge in [-0.2, -0.15) is 13.2 Å². The summed E-state index contributed by atoms with van der Waals surface area (Å²) in [5.74, 6) is -0.558. The topological polar surface area (TPSA) is 77.5 Å². The minimum atomic E-state index is -4.47. The predicted octanol–water partition coefficient (Wildman–Crippen LogP) is 4.89. The summed E-state index contributed by atoms with van der Waals surface area (Å²) in [5.41, 5.74) is -1.59. The Balaban J connectivity index is 1.68. The number of methoxy groups -OCH3 is 1. The monoisotopic (exact) mass is 436 g/mol. The van der Waals surface area contributed by atoms with Crippen LogP contribution in [-0.4, -0.2) is 29.5 Å². The molecule has 1 aromatic heterocycles. The van der Waals surface area contributed by atoms with E-state index in [0.29, 0.717) is 30.4 Å². The van der Waals surface area contributed by atoms with Gasteiger partial charge in [0.25, 0.3) is 5.91 Å². The molecule has 1 fully saturated rings. The first-order chi connectivity index (χ1) is 14.7. The van der Waals surface area contributed by atoms with Crippen LogP contribution in [0.25, 0.3) is 0 Å². The number of ether oxygens (including phenoxy) is 2. The molecule has 9 heteroatoms.